The van der Waals surface area contributed by atoms with E-state index in [4.69, 9.17) is 4.74 Å². The second kappa shape index (κ2) is 7.26. The number of methoxy groups -OCH3 is 2. The first-order valence-electron chi connectivity index (χ1n) is 7.89. The highest BCUT2D eigenvalue weighted by molar-refractivity contribution is 6.00. The third-order valence-corrected chi connectivity index (χ3v) is 3.98. The van der Waals surface area contributed by atoms with Crippen molar-refractivity contribution in [1.29, 1.82) is 0 Å². The molecular weight excluding hydrogens is 338 g/mol. The molecular formula is C19H17NO6. The van der Waals surface area contributed by atoms with E-state index in [1.54, 1.807) is 6.07 Å². The van der Waals surface area contributed by atoms with Crippen LogP contribution >= 0.6 is 0 Å². The van der Waals surface area contributed by atoms with Gasteiger partial charge in [-0.3, -0.25) is 4.79 Å². The van der Waals surface area contributed by atoms with Crippen LogP contribution in [0.5, 0.6) is 5.75 Å². The Kier molecular flexibility index (Phi) is 4.88. The highest BCUT2D eigenvalue weighted by Crippen LogP contribution is 2.29. The molecule has 1 amide bonds. The van der Waals surface area contributed by atoms with Crippen molar-refractivity contribution in [3.63, 3.8) is 0 Å². The first kappa shape index (κ1) is 17.5. The Hall–Kier alpha value is -3.35. The van der Waals surface area contributed by atoms with E-state index in [-0.39, 0.29) is 22.7 Å². The number of fused-ring (bicyclic) bond motifs is 1. The van der Waals surface area contributed by atoms with Gasteiger partial charge in [0.2, 0.25) is 0 Å². The third kappa shape index (κ3) is 3.51. The van der Waals surface area contributed by atoms with E-state index in [2.05, 4.69) is 14.8 Å². The number of anilines is 1. The van der Waals surface area contributed by atoms with Crippen molar-refractivity contribution in [3.05, 3.63) is 59.2 Å². The van der Waals surface area contributed by atoms with E-state index in [9.17, 15) is 14.4 Å². The number of esters is 2. The molecule has 1 N–H and O–H groups in total. The normalized spacial score (nSPS) is 14.8. The Morgan fingerprint density at radius 2 is 1.62 bits per heavy atom. The molecule has 1 heterocycles. The number of benzene rings is 2. The molecule has 0 saturated carbocycles. The van der Waals surface area contributed by atoms with Crippen LogP contribution in [0.1, 0.15) is 26.3 Å². The molecule has 0 radical (unpaired) electrons. The van der Waals surface area contributed by atoms with E-state index in [1.807, 2.05) is 18.2 Å². The quantitative estimate of drug-likeness (QED) is 0.846. The molecule has 134 valence electrons. The van der Waals surface area contributed by atoms with Gasteiger partial charge in [0.1, 0.15) is 5.75 Å². The zero-order valence-corrected chi connectivity index (χ0v) is 14.3. The average molecular weight is 355 g/mol. The van der Waals surface area contributed by atoms with Crippen molar-refractivity contribution in [2.24, 2.45) is 0 Å². The van der Waals surface area contributed by atoms with Crippen LogP contribution < -0.4 is 10.1 Å². The molecule has 1 atom stereocenters. The molecule has 0 aromatic heterocycles. The van der Waals surface area contributed by atoms with Crippen LogP contribution in [0.15, 0.2) is 42.5 Å². The molecule has 7 heteroatoms. The summed E-state index contributed by atoms with van der Waals surface area (Å²) in [7, 11) is 2.46. The van der Waals surface area contributed by atoms with Crippen molar-refractivity contribution < 1.29 is 28.6 Å². The Balaban J connectivity index is 1.81. The van der Waals surface area contributed by atoms with Gasteiger partial charge in [0, 0.05) is 12.1 Å². The molecule has 26 heavy (non-hydrogen) atoms. The van der Waals surface area contributed by atoms with E-state index in [0.717, 1.165) is 5.56 Å². The van der Waals surface area contributed by atoms with Crippen molar-refractivity contribution >= 4 is 23.5 Å². The highest BCUT2D eigenvalue weighted by atomic mass is 16.5. The lowest BCUT2D eigenvalue weighted by Crippen LogP contribution is -2.31. The summed E-state index contributed by atoms with van der Waals surface area (Å²) in [6.45, 7) is 0. The number of nitrogens with one attached hydrogen (secondary N) is 1. The first-order valence-corrected chi connectivity index (χ1v) is 7.89. The zero-order valence-electron chi connectivity index (χ0n) is 14.3. The number of carbonyl (C=O) groups is 3. The van der Waals surface area contributed by atoms with E-state index in [0.29, 0.717) is 12.2 Å². The van der Waals surface area contributed by atoms with Crippen molar-refractivity contribution in [3.8, 4) is 5.75 Å². The van der Waals surface area contributed by atoms with E-state index >= 15 is 0 Å². The van der Waals surface area contributed by atoms with Gasteiger partial charge < -0.3 is 19.5 Å². The van der Waals surface area contributed by atoms with Crippen LogP contribution in [-0.4, -0.2) is 38.2 Å². The predicted octanol–water partition coefficient (Wildman–Crippen LogP) is 2.20. The smallest absolute Gasteiger partial charge is 0.337 e. The summed E-state index contributed by atoms with van der Waals surface area (Å²) in [5.41, 5.74) is 1.48. The topological polar surface area (TPSA) is 90.9 Å². The maximum absolute atomic E-state index is 12.5. The minimum atomic E-state index is -0.684. The number of ether oxygens (including phenoxy) is 3. The summed E-state index contributed by atoms with van der Waals surface area (Å²) in [5, 5.41) is 2.68. The van der Waals surface area contributed by atoms with Gasteiger partial charge in [0.05, 0.1) is 25.3 Å². The summed E-state index contributed by atoms with van der Waals surface area (Å²) in [4.78, 5) is 36.1. The predicted molar refractivity (Wildman–Crippen MR) is 92.3 cm³/mol. The highest BCUT2D eigenvalue weighted by Gasteiger charge is 2.29. The molecule has 3 rings (SSSR count). The fraction of sp³-hybridized carbons (Fsp3) is 0.211. The summed E-state index contributed by atoms with van der Waals surface area (Å²) in [6, 6.07) is 11.6. The van der Waals surface area contributed by atoms with Gasteiger partial charge in [-0.15, -0.1) is 0 Å². The minimum absolute atomic E-state index is 0.126. The number of hydrogen-bond acceptors (Lipinski definition) is 6. The lowest BCUT2D eigenvalue weighted by Gasteiger charge is -2.13. The number of amides is 1. The number of para-hydroxylation sites is 1. The van der Waals surface area contributed by atoms with Crippen LogP contribution in [0.4, 0.5) is 5.69 Å². The number of carbonyl (C=O) groups excluding carboxylic acids is 3. The summed E-state index contributed by atoms with van der Waals surface area (Å²) >= 11 is 0. The minimum Gasteiger partial charge on any atom is -0.480 e. The summed E-state index contributed by atoms with van der Waals surface area (Å²) < 4.78 is 15.0. The lowest BCUT2D eigenvalue weighted by atomic mass is 10.1. The standard InChI is InChI=1S/C19H17NO6/c1-24-18(22)12-7-13(19(23)25-2)9-14(8-12)20-17(21)16-10-11-5-3-4-6-15(11)26-16/h3-9,16H,10H2,1-2H3,(H,20,21)/t16-/m1/s1. The van der Waals surface area contributed by atoms with Gasteiger partial charge in [-0.25, -0.2) is 9.59 Å². The molecule has 0 fully saturated rings. The molecule has 0 spiro atoms. The molecule has 1 aliphatic rings. The molecule has 7 nitrogen and oxygen atoms in total. The molecule has 2 aromatic carbocycles. The molecule has 0 bridgehead atoms. The van der Waals surface area contributed by atoms with Gasteiger partial charge >= 0.3 is 11.9 Å². The number of hydrogen-bond donors (Lipinski definition) is 1. The fourth-order valence-corrected chi connectivity index (χ4v) is 2.72. The van der Waals surface area contributed by atoms with Crippen molar-refractivity contribution in [1.82, 2.24) is 0 Å². The van der Waals surface area contributed by atoms with Crippen LogP contribution in [-0.2, 0) is 20.7 Å². The molecule has 2 aromatic rings. The monoisotopic (exact) mass is 355 g/mol. The zero-order chi connectivity index (χ0) is 18.7. The van der Waals surface area contributed by atoms with Crippen LogP contribution in [0.3, 0.4) is 0 Å². The largest absolute Gasteiger partial charge is 0.480 e. The molecule has 0 aliphatic carbocycles. The van der Waals surface area contributed by atoms with Gasteiger partial charge in [-0.05, 0) is 29.8 Å². The van der Waals surface area contributed by atoms with Crippen LogP contribution in [0.2, 0.25) is 0 Å². The first-order chi connectivity index (χ1) is 12.5. The average Bonchev–Trinajstić information content (AvgIpc) is 3.10. The van der Waals surface area contributed by atoms with Gasteiger partial charge in [0.25, 0.3) is 5.91 Å². The fourth-order valence-electron chi connectivity index (χ4n) is 2.72. The van der Waals surface area contributed by atoms with Gasteiger partial charge in [-0.1, -0.05) is 18.2 Å². The Morgan fingerprint density at radius 1 is 1.00 bits per heavy atom. The van der Waals surface area contributed by atoms with E-state index in [1.165, 1.54) is 32.4 Å². The second-order valence-electron chi connectivity index (χ2n) is 5.69. The van der Waals surface area contributed by atoms with Crippen LogP contribution in [0, 0.1) is 0 Å². The third-order valence-electron chi connectivity index (χ3n) is 3.98. The lowest BCUT2D eigenvalue weighted by molar-refractivity contribution is -0.122. The maximum Gasteiger partial charge on any atom is 0.337 e. The van der Waals surface area contributed by atoms with E-state index < -0.39 is 18.0 Å². The summed E-state index contributed by atoms with van der Waals surface area (Å²) in [6.07, 6.45) is -0.237. The van der Waals surface area contributed by atoms with Crippen molar-refractivity contribution in [2.75, 3.05) is 19.5 Å². The van der Waals surface area contributed by atoms with Gasteiger partial charge in [-0.2, -0.15) is 0 Å². The Bertz CT molecular complexity index is 817. The SMILES string of the molecule is COC(=O)c1cc(NC(=O)[C@H]2Cc3ccccc3O2)cc(C(=O)OC)c1. The second-order valence-corrected chi connectivity index (χ2v) is 5.69. The van der Waals surface area contributed by atoms with Gasteiger partial charge in [0.15, 0.2) is 6.10 Å². The van der Waals surface area contributed by atoms with Crippen LogP contribution in [0.25, 0.3) is 0 Å². The van der Waals surface area contributed by atoms with Crippen molar-refractivity contribution in [2.45, 2.75) is 12.5 Å². The number of rotatable bonds is 4. The Morgan fingerprint density at radius 3 is 2.19 bits per heavy atom. The maximum atomic E-state index is 12.5. The molecule has 1 aliphatic heterocycles. The molecule has 0 unspecified atom stereocenters. The summed E-state index contributed by atoms with van der Waals surface area (Å²) in [5.74, 6) is -0.961. The molecule has 0 saturated heterocycles. The Labute approximate surface area is 149 Å².